The van der Waals surface area contributed by atoms with E-state index in [1.165, 1.54) is 0 Å². The summed E-state index contributed by atoms with van der Waals surface area (Å²) in [7, 11) is 0. The minimum absolute atomic E-state index is 0.540. The first kappa shape index (κ1) is 9.34. The van der Waals surface area contributed by atoms with Crippen molar-refractivity contribution in [1.82, 2.24) is 0 Å². The molecule has 0 amide bonds. The van der Waals surface area contributed by atoms with Crippen LogP contribution >= 0.6 is 0 Å². The number of benzene rings is 1. The van der Waals surface area contributed by atoms with E-state index < -0.39 is 5.60 Å². The second-order valence-corrected chi connectivity index (χ2v) is 4.26. The highest BCUT2D eigenvalue weighted by Gasteiger charge is 2.31. The molecule has 3 N–H and O–H groups in total. The van der Waals surface area contributed by atoms with E-state index in [-0.39, 0.29) is 0 Å². The summed E-state index contributed by atoms with van der Waals surface area (Å²) >= 11 is 0. The van der Waals surface area contributed by atoms with E-state index >= 15 is 0 Å². The summed E-state index contributed by atoms with van der Waals surface area (Å²) in [5.74, 6) is 0. The average molecular weight is 192 g/mol. The van der Waals surface area contributed by atoms with Crippen LogP contribution in [-0.2, 0) is 0 Å². The Morgan fingerprint density at radius 2 is 2.00 bits per heavy atom. The zero-order chi connectivity index (χ0) is 10.2. The van der Waals surface area contributed by atoms with Crippen LogP contribution < -0.4 is 10.6 Å². The van der Waals surface area contributed by atoms with Crippen molar-refractivity contribution >= 4 is 11.4 Å². The number of β-amino-alcohol motifs (C(OH)–C–C–N with tert-alkyl or cyclic N) is 1. The minimum Gasteiger partial charge on any atom is -0.399 e. The lowest BCUT2D eigenvalue weighted by Crippen LogP contribution is -2.29. The maximum Gasteiger partial charge on any atom is 0.0810 e. The Morgan fingerprint density at radius 3 is 2.50 bits per heavy atom. The Bertz CT molecular complexity index is 319. The van der Waals surface area contributed by atoms with Crippen molar-refractivity contribution in [2.45, 2.75) is 18.9 Å². The van der Waals surface area contributed by atoms with E-state index in [0.717, 1.165) is 24.3 Å². The standard InChI is InChI=1S/C11H16N2O/c1-11(14)6-7-13(8-11)10-4-2-9(12)3-5-10/h2-5,14H,6-8,12H2,1H3. The Hall–Kier alpha value is -1.22. The minimum atomic E-state index is -0.540. The molecular weight excluding hydrogens is 176 g/mol. The lowest BCUT2D eigenvalue weighted by Gasteiger charge is -2.20. The van der Waals surface area contributed by atoms with Gasteiger partial charge in [-0.1, -0.05) is 0 Å². The molecule has 0 saturated carbocycles. The van der Waals surface area contributed by atoms with Crippen LogP contribution in [0.25, 0.3) is 0 Å². The molecule has 1 fully saturated rings. The van der Waals surface area contributed by atoms with E-state index in [9.17, 15) is 5.11 Å². The molecule has 1 aliphatic rings. The molecule has 0 aliphatic carbocycles. The van der Waals surface area contributed by atoms with E-state index in [1.54, 1.807) is 0 Å². The van der Waals surface area contributed by atoms with E-state index in [4.69, 9.17) is 5.73 Å². The van der Waals surface area contributed by atoms with Crippen LogP contribution in [0.4, 0.5) is 11.4 Å². The van der Waals surface area contributed by atoms with Gasteiger partial charge < -0.3 is 15.7 Å². The van der Waals surface area contributed by atoms with Crippen molar-refractivity contribution in [3.8, 4) is 0 Å². The molecule has 0 radical (unpaired) electrons. The predicted octanol–water partition coefficient (Wildman–Crippen LogP) is 1.23. The van der Waals surface area contributed by atoms with Crippen LogP contribution in [0.5, 0.6) is 0 Å². The van der Waals surface area contributed by atoms with Crippen LogP contribution in [0, 0.1) is 0 Å². The van der Waals surface area contributed by atoms with Gasteiger partial charge in [-0.3, -0.25) is 0 Å². The number of aliphatic hydroxyl groups is 1. The van der Waals surface area contributed by atoms with Crippen LogP contribution in [0.1, 0.15) is 13.3 Å². The molecule has 0 aromatic heterocycles. The zero-order valence-electron chi connectivity index (χ0n) is 8.40. The predicted molar refractivity (Wildman–Crippen MR) is 58.3 cm³/mol. The van der Waals surface area contributed by atoms with Gasteiger partial charge in [0.15, 0.2) is 0 Å². The number of rotatable bonds is 1. The van der Waals surface area contributed by atoms with Gasteiger partial charge in [0.2, 0.25) is 0 Å². The molecule has 0 spiro atoms. The van der Waals surface area contributed by atoms with Gasteiger partial charge in [-0.2, -0.15) is 0 Å². The number of hydrogen-bond donors (Lipinski definition) is 2. The molecule has 14 heavy (non-hydrogen) atoms. The topological polar surface area (TPSA) is 49.5 Å². The van der Waals surface area contributed by atoms with Crippen molar-refractivity contribution in [3.63, 3.8) is 0 Å². The Kier molecular flexibility index (Phi) is 2.11. The van der Waals surface area contributed by atoms with E-state index in [0.29, 0.717) is 6.54 Å². The quantitative estimate of drug-likeness (QED) is 0.658. The molecule has 76 valence electrons. The van der Waals surface area contributed by atoms with E-state index in [1.807, 2.05) is 31.2 Å². The van der Waals surface area contributed by atoms with Gasteiger partial charge in [0.25, 0.3) is 0 Å². The molecule has 1 aliphatic heterocycles. The third-order valence-electron chi connectivity index (χ3n) is 2.71. The number of nitrogens with zero attached hydrogens (tertiary/aromatic N) is 1. The SMILES string of the molecule is CC1(O)CCN(c2ccc(N)cc2)C1. The molecule has 2 rings (SSSR count). The van der Waals surface area contributed by atoms with Crippen molar-refractivity contribution < 1.29 is 5.11 Å². The summed E-state index contributed by atoms with van der Waals surface area (Å²) in [6.07, 6.45) is 0.831. The molecule has 1 aromatic rings. The van der Waals surface area contributed by atoms with E-state index in [2.05, 4.69) is 4.90 Å². The first-order valence-electron chi connectivity index (χ1n) is 4.90. The molecule has 0 bridgehead atoms. The van der Waals surface area contributed by atoms with Crippen molar-refractivity contribution in [2.75, 3.05) is 23.7 Å². The summed E-state index contributed by atoms with van der Waals surface area (Å²) in [6.45, 7) is 3.50. The van der Waals surface area contributed by atoms with Gasteiger partial charge in [-0.25, -0.2) is 0 Å². The van der Waals surface area contributed by atoms with Gasteiger partial charge in [-0.05, 0) is 37.6 Å². The van der Waals surface area contributed by atoms with Gasteiger partial charge in [0.1, 0.15) is 0 Å². The van der Waals surface area contributed by atoms with Crippen LogP contribution in [0.3, 0.4) is 0 Å². The number of nitrogens with two attached hydrogens (primary N) is 1. The van der Waals surface area contributed by atoms with Crippen LogP contribution in [-0.4, -0.2) is 23.8 Å². The van der Waals surface area contributed by atoms with Crippen molar-refractivity contribution in [1.29, 1.82) is 0 Å². The molecule has 1 unspecified atom stereocenters. The first-order valence-corrected chi connectivity index (χ1v) is 4.90. The van der Waals surface area contributed by atoms with Crippen molar-refractivity contribution in [2.24, 2.45) is 0 Å². The van der Waals surface area contributed by atoms with Crippen LogP contribution in [0.2, 0.25) is 0 Å². The highest BCUT2D eigenvalue weighted by Crippen LogP contribution is 2.26. The van der Waals surface area contributed by atoms with Gasteiger partial charge >= 0.3 is 0 Å². The monoisotopic (exact) mass is 192 g/mol. The summed E-state index contributed by atoms with van der Waals surface area (Å²) in [4.78, 5) is 2.18. The fraction of sp³-hybridized carbons (Fsp3) is 0.455. The highest BCUT2D eigenvalue weighted by atomic mass is 16.3. The highest BCUT2D eigenvalue weighted by molar-refractivity contribution is 5.54. The average Bonchev–Trinajstić information content (AvgIpc) is 2.47. The molecule has 3 nitrogen and oxygen atoms in total. The molecule has 1 atom stereocenters. The molecule has 1 heterocycles. The third-order valence-corrected chi connectivity index (χ3v) is 2.71. The van der Waals surface area contributed by atoms with Gasteiger partial charge in [0, 0.05) is 24.5 Å². The zero-order valence-corrected chi connectivity index (χ0v) is 8.40. The lowest BCUT2D eigenvalue weighted by atomic mass is 10.1. The van der Waals surface area contributed by atoms with Gasteiger partial charge in [-0.15, -0.1) is 0 Å². The Morgan fingerprint density at radius 1 is 1.36 bits per heavy atom. The second-order valence-electron chi connectivity index (χ2n) is 4.26. The number of hydrogen-bond acceptors (Lipinski definition) is 3. The lowest BCUT2D eigenvalue weighted by molar-refractivity contribution is 0.0839. The fourth-order valence-electron chi connectivity index (χ4n) is 1.85. The fourth-order valence-corrected chi connectivity index (χ4v) is 1.85. The molecular formula is C11H16N2O. The number of nitrogen functional groups attached to an aromatic ring is 1. The Labute approximate surface area is 84.1 Å². The summed E-state index contributed by atoms with van der Waals surface area (Å²) < 4.78 is 0. The largest absolute Gasteiger partial charge is 0.399 e. The molecule has 1 aromatic carbocycles. The summed E-state index contributed by atoms with van der Waals surface area (Å²) in [6, 6.07) is 7.78. The van der Waals surface area contributed by atoms with Gasteiger partial charge in [0.05, 0.1) is 5.60 Å². The maximum absolute atomic E-state index is 9.81. The van der Waals surface area contributed by atoms with Crippen LogP contribution in [0.15, 0.2) is 24.3 Å². The molecule has 1 saturated heterocycles. The maximum atomic E-state index is 9.81. The normalized spacial score (nSPS) is 26.9. The summed E-state index contributed by atoms with van der Waals surface area (Å²) in [5.41, 5.74) is 6.98. The smallest absolute Gasteiger partial charge is 0.0810 e. The second kappa shape index (κ2) is 3.17. The first-order chi connectivity index (χ1) is 6.57. The number of anilines is 2. The third kappa shape index (κ3) is 1.82. The van der Waals surface area contributed by atoms with Crippen molar-refractivity contribution in [3.05, 3.63) is 24.3 Å². The Balaban J connectivity index is 2.14. The summed E-state index contributed by atoms with van der Waals surface area (Å²) in [5, 5.41) is 9.81. The molecule has 3 heteroatoms.